The number of hydrogen-bond acceptors (Lipinski definition) is 6. The van der Waals surface area contributed by atoms with E-state index in [-0.39, 0.29) is 17.4 Å². The number of aliphatic hydroxyl groups is 1. The lowest BCUT2D eigenvalue weighted by Gasteiger charge is -2.35. The maximum Gasteiger partial charge on any atom is 0.295 e. The van der Waals surface area contributed by atoms with Crippen LogP contribution in [0.5, 0.6) is 5.75 Å². The molecule has 7 heteroatoms. The van der Waals surface area contributed by atoms with Gasteiger partial charge in [0.2, 0.25) is 0 Å². The minimum atomic E-state index is -0.642. The second-order valence-corrected chi connectivity index (χ2v) is 8.74. The van der Waals surface area contributed by atoms with Crippen molar-refractivity contribution in [1.29, 1.82) is 0 Å². The fourth-order valence-electron chi connectivity index (χ4n) is 5.10. The van der Waals surface area contributed by atoms with E-state index in [1.807, 2.05) is 19.2 Å². The van der Waals surface area contributed by atoms with Crippen molar-refractivity contribution in [2.75, 3.05) is 25.1 Å². The minimum absolute atomic E-state index is 0.0150. The van der Waals surface area contributed by atoms with E-state index in [9.17, 15) is 14.7 Å². The van der Waals surface area contributed by atoms with E-state index in [2.05, 4.69) is 9.88 Å². The first-order valence-electron chi connectivity index (χ1n) is 11.2. The third kappa shape index (κ3) is 3.42. The van der Waals surface area contributed by atoms with Gasteiger partial charge in [-0.15, -0.1) is 0 Å². The normalized spacial score (nSPS) is 23.2. The number of pyridine rings is 1. The first-order chi connectivity index (χ1) is 15.6. The summed E-state index contributed by atoms with van der Waals surface area (Å²) < 4.78 is 5.70. The van der Waals surface area contributed by atoms with E-state index in [1.54, 1.807) is 35.5 Å². The van der Waals surface area contributed by atoms with Crippen LogP contribution in [0, 0.1) is 0 Å². The zero-order valence-corrected chi connectivity index (χ0v) is 18.2. The van der Waals surface area contributed by atoms with Crippen molar-refractivity contribution in [2.45, 2.75) is 44.2 Å². The standard InChI is InChI=1S/C25H27N3O4/c1-27-12-13-32-20-10-9-16(14-19(20)27)23(29)21-22(17-6-5-11-26-15-17)28(25(31)24(21)30)18-7-3-2-4-8-18/h5-6,9-11,14-15,18,22,29H,2-4,7-8,12-13H2,1H3/b23-21-. The van der Waals surface area contributed by atoms with Crippen molar-refractivity contribution < 1.29 is 19.4 Å². The predicted octanol–water partition coefficient (Wildman–Crippen LogP) is 3.66. The average molecular weight is 434 g/mol. The highest BCUT2D eigenvalue weighted by atomic mass is 16.5. The summed E-state index contributed by atoms with van der Waals surface area (Å²) in [6.07, 6.45) is 8.28. The summed E-state index contributed by atoms with van der Waals surface area (Å²) in [5, 5.41) is 11.3. The number of aliphatic hydroxyl groups excluding tert-OH is 1. The molecule has 2 aliphatic heterocycles. The molecule has 166 valence electrons. The Morgan fingerprint density at radius 3 is 2.72 bits per heavy atom. The quantitative estimate of drug-likeness (QED) is 0.452. The number of amides is 1. The fraction of sp³-hybridized carbons (Fsp3) is 0.400. The van der Waals surface area contributed by atoms with Crippen LogP contribution >= 0.6 is 0 Å². The molecule has 2 aromatic rings. The summed E-state index contributed by atoms with van der Waals surface area (Å²) in [5.74, 6) is -0.589. The number of nitrogens with zero attached hydrogens (tertiary/aromatic N) is 3. The smallest absolute Gasteiger partial charge is 0.295 e. The van der Waals surface area contributed by atoms with Crippen LogP contribution in [0.3, 0.4) is 0 Å². The van der Waals surface area contributed by atoms with Gasteiger partial charge in [0.25, 0.3) is 11.7 Å². The van der Waals surface area contributed by atoms with Gasteiger partial charge >= 0.3 is 0 Å². The van der Waals surface area contributed by atoms with E-state index >= 15 is 0 Å². The molecular formula is C25H27N3O4. The number of fused-ring (bicyclic) bond motifs is 1. The first-order valence-corrected chi connectivity index (χ1v) is 11.2. The maximum absolute atomic E-state index is 13.2. The summed E-state index contributed by atoms with van der Waals surface area (Å²) in [6, 6.07) is 8.36. The number of carbonyl (C=O) groups is 2. The molecule has 1 saturated carbocycles. The number of ether oxygens (including phenoxy) is 1. The summed E-state index contributed by atoms with van der Waals surface area (Å²) >= 11 is 0. The second-order valence-electron chi connectivity index (χ2n) is 8.74. The number of carbonyl (C=O) groups excluding carboxylic acids is 2. The van der Waals surface area contributed by atoms with Gasteiger partial charge in [0, 0.05) is 31.0 Å². The lowest BCUT2D eigenvalue weighted by atomic mass is 9.91. The number of likely N-dealkylation sites (tertiary alicyclic amines) is 1. The van der Waals surface area contributed by atoms with E-state index < -0.39 is 17.7 Å². The van der Waals surface area contributed by atoms with Gasteiger partial charge in [0.1, 0.15) is 18.1 Å². The van der Waals surface area contributed by atoms with Crippen molar-refractivity contribution in [3.8, 4) is 5.75 Å². The number of anilines is 1. The molecule has 32 heavy (non-hydrogen) atoms. The van der Waals surface area contributed by atoms with Crippen molar-refractivity contribution in [1.82, 2.24) is 9.88 Å². The van der Waals surface area contributed by atoms with Crippen molar-refractivity contribution in [2.24, 2.45) is 0 Å². The molecule has 0 radical (unpaired) electrons. The Morgan fingerprint density at radius 2 is 1.97 bits per heavy atom. The molecule has 1 atom stereocenters. The summed E-state index contributed by atoms with van der Waals surface area (Å²) in [4.78, 5) is 34.4. The van der Waals surface area contributed by atoms with Crippen LogP contribution in [0.25, 0.3) is 5.76 Å². The van der Waals surface area contributed by atoms with Crippen LogP contribution in [0.4, 0.5) is 5.69 Å². The average Bonchev–Trinajstić information content (AvgIpc) is 3.10. The van der Waals surface area contributed by atoms with Gasteiger partial charge in [-0.3, -0.25) is 14.6 Å². The Kier molecular flexibility index (Phi) is 5.33. The van der Waals surface area contributed by atoms with Crippen molar-refractivity contribution in [3.63, 3.8) is 0 Å². The number of likely N-dealkylation sites (N-methyl/N-ethyl adjacent to an activating group) is 1. The molecule has 2 fully saturated rings. The van der Waals surface area contributed by atoms with E-state index in [1.165, 1.54) is 0 Å². The number of ketones is 1. The number of hydrogen-bond donors (Lipinski definition) is 1. The fourth-order valence-corrected chi connectivity index (χ4v) is 5.10. The number of Topliss-reactive ketones (excluding diaryl/α,β-unsaturated/α-hetero) is 1. The SMILES string of the molecule is CN1CCOc2ccc(/C(O)=C3/C(=O)C(=O)N(C4CCCCC4)C3c3cccnc3)cc21. The van der Waals surface area contributed by atoms with Gasteiger partial charge in [0.15, 0.2) is 0 Å². The van der Waals surface area contributed by atoms with E-state index in [0.29, 0.717) is 12.2 Å². The molecule has 1 unspecified atom stereocenters. The zero-order chi connectivity index (χ0) is 22.2. The summed E-state index contributed by atoms with van der Waals surface area (Å²) in [6.45, 7) is 1.33. The Hall–Kier alpha value is -3.35. The predicted molar refractivity (Wildman–Crippen MR) is 120 cm³/mol. The molecule has 1 saturated heterocycles. The Labute approximate surface area is 187 Å². The summed E-state index contributed by atoms with van der Waals surface area (Å²) in [7, 11) is 1.96. The zero-order valence-electron chi connectivity index (χ0n) is 18.2. The highest BCUT2D eigenvalue weighted by molar-refractivity contribution is 6.46. The number of benzene rings is 1. The van der Waals surface area contributed by atoms with E-state index in [4.69, 9.17) is 4.74 Å². The van der Waals surface area contributed by atoms with Crippen molar-refractivity contribution in [3.05, 3.63) is 59.4 Å². The molecule has 1 aromatic carbocycles. The van der Waals surface area contributed by atoms with Crippen LogP contribution in [0.2, 0.25) is 0 Å². The van der Waals surface area contributed by atoms with Gasteiger partial charge in [-0.25, -0.2) is 0 Å². The number of aromatic nitrogens is 1. The molecule has 1 aromatic heterocycles. The van der Waals surface area contributed by atoms with Gasteiger partial charge in [-0.2, -0.15) is 0 Å². The molecule has 1 amide bonds. The molecule has 0 bridgehead atoms. The van der Waals surface area contributed by atoms with Gasteiger partial charge in [-0.1, -0.05) is 25.3 Å². The first kappa shape index (κ1) is 20.5. The molecule has 0 spiro atoms. The van der Waals surface area contributed by atoms with Crippen LogP contribution in [-0.2, 0) is 9.59 Å². The van der Waals surface area contributed by atoms with E-state index in [0.717, 1.165) is 55.6 Å². The van der Waals surface area contributed by atoms with Gasteiger partial charge in [-0.05, 0) is 42.7 Å². The lowest BCUT2D eigenvalue weighted by molar-refractivity contribution is -0.141. The summed E-state index contributed by atoms with van der Waals surface area (Å²) in [5.41, 5.74) is 2.21. The Morgan fingerprint density at radius 1 is 1.16 bits per heavy atom. The number of rotatable bonds is 3. The largest absolute Gasteiger partial charge is 0.507 e. The van der Waals surface area contributed by atoms with Crippen LogP contribution < -0.4 is 9.64 Å². The Bertz CT molecular complexity index is 1080. The molecule has 3 heterocycles. The molecule has 7 nitrogen and oxygen atoms in total. The van der Waals surface area contributed by atoms with Crippen LogP contribution in [-0.4, -0.2) is 52.9 Å². The minimum Gasteiger partial charge on any atom is -0.507 e. The molecule has 5 rings (SSSR count). The second kappa shape index (κ2) is 8.30. The Balaban J connectivity index is 1.63. The van der Waals surface area contributed by atoms with Gasteiger partial charge in [0.05, 0.1) is 23.8 Å². The molecule has 1 aliphatic carbocycles. The molecule has 1 N–H and O–H groups in total. The van der Waals surface area contributed by atoms with Crippen molar-refractivity contribution >= 4 is 23.1 Å². The third-order valence-corrected chi connectivity index (χ3v) is 6.78. The van der Waals surface area contributed by atoms with Crippen LogP contribution in [0.1, 0.15) is 49.3 Å². The third-order valence-electron chi connectivity index (χ3n) is 6.78. The maximum atomic E-state index is 13.2. The monoisotopic (exact) mass is 433 g/mol. The van der Waals surface area contributed by atoms with Gasteiger partial charge < -0.3 is 19.6 Å². The van der Waals surface area contributed by atoms with Crippen LogP contribution in [0.15, 0.2) is 48.3 Å². The molecular weight excluding hydrogens is 406 g/mol. The lowest BCUT2D eigenvalue weighted by Crippen LogP contribution is -2.40. The topological polar surface area (TPSA) is 83.0 Å². The molecule has 3 aliphatic rings. The highest BCUT2D eigenvalue weighted by Gasteiger charge is 2.49. The highest BCUT2D eigenvalue weighted by Crippen LogP contribution is 2.43.